The first-order chi connectivity index (χ1) is 12.9. The third-order valence-corrected chi connectivity index (χ3v) is 4.95. The number of para-hydroxylation sites is 1. The van der Waals surface area contributed by atoms with Gasteiger partial charge in [0.2, 0.25) is 0 Å². The first-order valence-electron chi connectivity index (χ1n) is 9.69. The van der Waals surface area contributed by atoms with E-state index in [4.69, 9.17) is 9.84 Å². The number of ether oxygens (including phenoxy) is 1. The molecule has 1 aliphatic heterocycles. The Balaban J connectivity index is 0.00000261. The summed E-state index contributed by atoms with van der Waals surface area (Å²) in [5, 5.41) is 8.93. The van der Waals surface area contributed by atoms with Crippen molar-refractivity contribution in [2.75, 3.05) is 52.5 Å². The zero-order chi connectivity index (χ0) is 18.0. The Morgan fingerprint density at radius 2 is 1.37 bits per heavy atom. The predicted octanol–water partition coefficient (Wildman–Crippen LogP) is 3.54. The number of aliphatic hydroxyl groups excluding tert-OH is 1. The monoisotopic (exact) mass is 390 g/mol. The summed E-state index contributed by atoms with van der Waals surface area (Å²) in [6.07, 6.45) is 1.93. The van der Waals surface area contributed by atoms with Crippen molar-refractivity contribution in [2.45, 2.75) is 12.8 Å². The number of rotatable bonds is 9. The highest BCUT2D eigenvalue weighted by atomic mass is 35.5. The van der Waals surface area contributed by atoms with Gasteiger partial charge in [0.1, 0.15) is 5.75 Å². The minimum absolute atomic E-state index is 0. The van der Waals surface area contributed by atoms with Gasteiger partial charge in [-0.15, -0.1) is 12.4 Å². The van der Waals surface area contributed by atoms with Gasteiger partial charge >= 0.3 is 0 Å². The van der Waals surface area contributed by atoms with E-state index in [0.717, 1.165) is 70.0 Å². The van der Waals surface area contributed by atoms with E-state index in [1.165, 1.54) is 5.56 Å². The average molecular weight is 391 g/mol. The van der Waals surface area contributed by atoms with E-state index in [9.17, 15) is 0 Å². The van der Waals surface area contributed by atoms with Gasteiger partial charge in [0.15, 0.2) is 0 Å². The molecule has 3 rings (SSSR count). The molecule has 0 atom stereocenters. The number of nitrogens with zero attached hydrogens (tertiary/aromatic N) is 2. The quantitative estimate of drug-likeness (QED) is 0.664. The van der Waals surface area contributed by atoms with E-state index >= 15 is 0 Å². The fourth-order valence-corrected chi connectivity index (χ4v) is 3.45. The summed E-state index contributed by atoms with van der Waals surface area (Å²) in [6.45, 7) is 7.59. The predicted molar refractivity (Wildman–Crippen MR) is 114 cm³/mol. The maximum Gasteiger partial charge on any atom is 0.127 e. The molecule has 2 aromatic carbocycles. The zero-order valence-electron chi connectivity index (χ0n) is 15.9. The fraction of sp³-hybridized carbons (Fsp3) is 0.455. The molecule has 0 unspecified atom stereocenters. The van der Waals surface area contributed by atoms with Crippen LogP contribution in [0.5, 0.6) is 5.75 Å². The van der Waals surface area contributed by atoms with Crippen LogP contribution in [0.4, 0.5) is 0 Å². The van der Waals surface area contributed by atoms with E-state index in [0.29, 0.717) is 6.61 Å². The largest absolute Gasteiger partial charge is 0.493 e. The van der Waals surface area contributed by atoms with Crippen molar-refractivity contribution in [3.63, 3.8) is 0 Å². The molecular weight excluding hydrogens is 360 g/mol. The summed E-state index contributed by atoms with van der Waals surface area (Å²) < 4.78 is 6.09. The molecule has 5 heteroatoms. The SMILES string of the molecule is Cl.OCCCN1CCN(CCCOc2ccccc2-c2ccccc2)CC1. The number of hydrogen-bond donors (Lipinski definition) is 1. The summed E-state index contributed by atoms with van der Waals surface area (Å²) in [5.41, 5.74) is 2.35. The summed E-state index contributed by atoms with van der Waals surface area (Å²) in [5.74, 6) is 0.965. The van der Waals surface area contributed by atoms with Gasteiger partial charge in [0, 0.05) is 51.4 Å². The van der Waals surface area contributed by atoms with Crippen molar-refractivity contribution in [3.8, 4) is 16.9 Å². The summed E-state index contributed by atoms with van der Waals surface area (Å²) in [4.78, 5) is 4.96. The minimum Gasteiger partial charge on any atom is -0.493 e. The molecule has 0 saturated carbocycles. The zero-order valence-corrected chi connectivity index (χ0v) is 16.7. The first kappa shape index (κ1) is 21.7. The normalized spacial score (nSPS) is 15.3. The summed E-state index contributed by atoms with van der Waals surface area (Å²) in [7, 11) is 0. The van der Waals surface area contributed by atoms with Crippen molar-refractivity contribution < 1.29 is 9.84 Å². The maximum absolute atomic E-state index is 8.93. The second kappa shape index (κ2) is 12.0. The second-order valence-electron chi connectivity index (χ2n) is 6.82. The lowest BCUT2D eigenvalue weighted by Gasteiger charge is -2.34. The molecule has 0 amide bonds. The summed E-state index contributed by atoms with van der Waals surface area (Å²) >= 11 is 0. The van der Waals surface area contributed by atoms with Gasteiger partial charge in [0.05, 0.1) is 6.61 Å². The van der Waals surface area contributed by atoms with Crippen molar-refractivity contribution in [1.82, 2.24) is 9.80 Å². The molecule has 0 radical (unpaired) electrons. The van der Waals surface area contributed by atoms with Gasteiger partial charge < -0.3 is 19.6 Å². The van der Waals surface area contributed by atoms with Crippen LogP contribution >= 0.6 is 12.4 Å². The molecular formula is C22H31ClN2O2. The summed E-state index contributed by atoms with van der Waals surface area (Å²) in [6, 6.07) is 18.7. The van der Waals surface area contributed by atoms with Crippen LogP contribution < -0.4 is 4.74 Å². The molecule has 0 bridgehead atoms. The highest BCUT2D eigenvalue weighted by molar-refractivity contribution is 5.85. The van der Waals surface area contributed by atoms with E-state index in [1.807, 2.05) is 12.1 Å². The smallest absolute Gasteiger partial charge is 0.127 e. The Morgan fingerprint density at radius 1 is 0.778 bits per heavy atom. The van der Waals surface area contributed by atoms with Gasteiger partial charge in [-0.25, -0.2) is 0 Å². The number of piperazine rings is 1. The third kappa shape index (κ3) is 6.82. The Morgan fingerprint density at radius 3 is 2.04 bits per heavy atom. The number of aliphatic hydroxyl groups is 1. The molecule has 1 saturated heterocycles. The lowest BCUT2D eigenvalue weighted by Crippen LogP contribution is -2.47. The molecule has 1 N–H and O–H groups in total. The maximum atomic E-state index is 8.93. The van der Waals surface area contributed by atoms with E-state index in [2.05, 4.69) is 52.3 Å². The van der Waals surface area contributed by atoms with Crippen LogP contribution in [-0.4, -0.2) is 67.4 Å². The van der Waals surface area contributed by atoms with Crippen molar-refractivity contribution in [1.29, 1.82) is 0 Å². The topological polar surface area (TPSA) is 35.9 Å². The molecule has 1 fully saturated rings. The van der Waals surface area contributed by atoms with Gasteiger partial charge in [-0.1, -0.05) is 48.5 Å². The van der Waals surface area contributed by atoms with Gasteiger partial charge in [-0.3, -0.25) is 0 Å². The third-order valence-electron chi connectivity index (χ3n) is 4.95. The van der Waals surface area contributed by atoms with Crippen molar-refractivity contribution >= 4 is 12.4 Å². The minimum atomic E-state index is 0. The Kier molecular flexibility index (Phi) is 9.64. The molecule has 0 spiro atoms. The van der Waals surface area contributed by atoms with Crippen molar-refractivity contribution in [3.05, 3.63) is 54.6 Å². The highest BCUT2D eigenvalue weighted by Crippen LogP contribution is 2.29. The lowest BCUT2D eigenvalue weighted by atomic mass is 10.1. The molecule has 4 nitrogen and oxygen atoms in total. The van der Waals surface area contributed by atoms with Gasteiger partial charge in [-0.2, -0.15) is 0 Å². The number of hydrogen-bond acceptors (Lipinski definition) is 4. The van der Waals surface area contributed by atoms with Crippen LogP contribution in [0.15, 0.2) is 54.6 Å². The van der Waals surface area contributed by atoms with Crippen LogP contribution in [-0.2, 0) is 0 Å². The van der Waals surface area contributed by atoms with Gasteiger partial charge in [-0.05, 0) is 24.5 Å². The lowest BCUT2D eigenvalue weighted by molar-refractivity contribution is 0.119. The highest BCUT2D eigenvalue weighted by Gasteiger charge is 2.15. The fourth-order valence-electron chi connectivity index (χ4n) is 3.45. The molecule has 0 aromatic heterocycles. The van der Waals surface area contributed by atoms with Crippen molar-refractivity contribution in [2.24, 2.45) is 0 Å². The Bertz CT molecular complexity index is 646. The first-order valence-corrected chi connectivity index (χ1v) is 9.69. The number of benzene rings is 2. The average Bonchev–Trinajstić information content (AvgIpc) is 2.71. The molecule has 0 aliphatic carbocycles. The van der Waals surface area contributed by atoms with Crippen LogP contribution in [0.25, 0.3) is 11.1 Å². The van der Waals surface area contributed by atoms with E-state index in [1.54, 1.807) is 0 Å². The van der Waals surface area contributed by atoms with Crippen LogP contribution in [0.2, 0.25) is 0 Å². The Hall–Kier alpha value is -1.59. The standard InChI is InChI=1S/C22H30N2O2.ClH/c25-18-6-12-23-14-16-24(17-15-23)13-7-19-26-22-11-5-4-10-21(22)20-8-2-1-3-9-20;/h1-5,8-11,25H,6-7,12-19H2;1H. The van der Waals surface area contributed by atoms with E-state index in [-0.39, 0.29) is 12.4 Å². The molecule has 2 aromatic rings. The van der Waals surface area contributed by atoms with E-state index < -0.39 is 0 Å². The molecule has 1 aliphatic rings. The van der Waals surface area contributed by atoms with Crippen LogP contribution in [0, 0.1) is 0 Å². The molecule has 148 valence electrons. The van der Waals surface area contributed by atoms with Crippen LogP contribution in [0.3, 0.4) is 0 Å². The molecule has 1 heterocycles. The molecule has 27 heavy (non-hydrogen) atoms. The second-order valence-corrected chi connectivity index (χ2v) is 6.82. The number of halogens is 1. The van der Waals surface area contributed by atoms with Gasteiger partial charge in [0.25, 0.3) is 0 Å². The van der Waals surface area contributed by atoms with Crippen LogP contribution in [0.1, 0.15) is 12.8 Å². The Labute approximate surface area is 169 Å².